The van der Waals surface area contributed by atoms with Crippen LogP contribution >= 0.6 is 0 Å². The van der Waals surface area contributed by atoms with Gasteiger partial charge in [0.1, 0.15) is 11.6 Å². The molecular formula is C12H13F2N3O. The zero-order chi connectivity index (χ0) is 13.3. The number of benzene rings is 1. The summed E-state index contributed by atoms with van der Waals surface area (Å²) in [5, 5.41) is 3.71. The molecule has 1 aromatic carbocycles. The van der Waals surface area contributed by atoms with Crippen molar-refractivity contribution >= 4 is 0 Å². The fraction of sp³-hybridized carbons (Fsp3) is 0.333. The molecule has 2 aromatic rings. The zero-order valence-electron chi connectivity index (χ0n) is 10.1. The topological polar surface area (TPSA) is 64.9 Å². The Morgan fingerprint density at radius 1 is 1.39 bits per heavy atom. The molecule has 1 aromatic heterocycles. The van der Waals surface area contributed by atoms with Gasteiger partial charge in [-0.25, -0.2) is 8.78 Å². The predicted molar refractivity (Wildman–Crippen MR) is 61.5 cm³/mol. The van der Waals surface area contributed by atoms with Gasteiger partial charge >= 0.3 is 0 Å². The lowest BCUT2D eigenvalue weighted by molar-refractivity contribution is 0.378. The number of rotatable bonds is 3. The van der Waals surface area contributed by atoms with Gasteiger partial charge in [-0.15, -0.1) is 0 Å². The minimum Gasteiger partial charge on any atom is -0.334 e. The Balaban J connectivity index is 2.44. The highest BCUT2D eigenvalue weighted by Crippen LogP contribution is 2.25. The summed E-state index contributed by atoms with van der Waals surface area (Å²) in [7, 11) is 0. The third-order valence-electron chi connectivity index (χ3n) is 2.83. The Hall–Kier alpha value is -1.82. The molecule has 4 nitrogen and oxygen atoms in total. The molecule has 0 aliphatic carbocycles. The van der Waals surface area contributed by atoms with Crippen LogP contribution in [0.15, 0.2) is 22.7 Å². The molecule has 1 atom stereocenters. The summed E-state index contributed by atoms with van der Waals surface area (Å²) in [6.45, 7) is 3.61. The average Bonchev–Trinajstić information content (AvgIpc) is 2.82. The molecule has 0 amide bonds. The lowest BCUT2D eigenvalue weighted by atomic mass is 10.00. The summed E-state index contributed by atoms with van der Waals surface area (Å²) in [6, 6.07) is 3.04. The van der Waals surface area contributed by atoms with Gasteiger partial charge in [0.25, 0.3) is 5.89 Å². The third kappa shape index (κ3) is 2.24. The molecule has 96 valence electrons. The van der Waals surface area contributed by atoms with Crippen molar-refractivity contribution in [2.75, 3.05) is 0 Å². The van der Waals surface area contributed by atoms with Crippen LogP contribution in [0.3, 0.4) is 0 Å². The molecule has 0 radical (unpaired) electrons. The molecule has 18 heavy (non-hydrogen) atoms. The lowest BCUT2D eigenvalue weighted by Gasteiger charge is -2.16. The van der Waals surface area contributed by atoms with E-state index < -0.39 is 17.2 Å². The molecule has 2 N–H and O–H groups in total. The van der Waals surface area contributed by atoms with E-state index in [9.17, 15) is 8.78 Å². The fourth-order valence-electron chi connectivity index (χ4n) is 1.38. The molecule has 0 saturated carbocycles. The molecule has 0 saturated heterocycles. The summed E-state index contributed by atoms with van der Waals surface area (Å²) in [6.07, 6.45) is 0.595. The van der Waals surface area contributed by atoms with E-state index in [1.807, 2.05) is 6.92 Å². The zero-order valence-corrected chi connectivity index (χ0v) is 10.1. The Kier molecular flexibility index (Phi) is 3.13. The second-order valence-electron chi connectivity index (χ2n) is 4.32. The number of halogens is 2. The van der Waals surface area contributed by atoms with Crippen molar-refractivity contribution in [3.63, 3.8) is 0 Å². The highest BCUT2D eigenvalue weighted by atomic mass is 19.1. The highest BCUT2D eigenvalue weighted by molar-refractivity contribution is 5.53. The molecule has 1 heterocycles. The summed E-state index contributed by atoms with van der Waals surface area (Å²) < 4.78 is 31.5. The summed E-state index contributed by atoms with van der Waals surface area (Å²) >= 11 is 0. The average molecular weight is 253 g/mol. The summed E-state index contributed by atoms with van der Waals surface area (Å²) in [5.74, 6) is -1.00. The van der Waals surface area contributed by atoms with Crippen LogP contribution in [-0.2, 0) is 5.54 Å². The number of nitrogens with zero attached hydrogens (tertiary/aromatic N) is 2. The van der Waals surface area contributed by atoms with E-state index in [0.29, 0.717) is 6.42 Å². The normalized spacial score (nSPS) is 14.5. The molecular weight excluding hydrogens is 240 g/mol. The van der Waals surface area contributed by atoms with E-state index in [-0.39, 0.29) is 17.3 Å². The molecule has 1 unspecified atom stereocenters. The molecule has 0 bridgehead atoms. The van der Waals surface area contributed by atoms with Gasteiger partial charge in [-0.2, -0.15) is 4.98 Å². The maximum atomic E-state index is 13.5. The van der Waals surface area contributed by atoms with Crippen molar-refractivity contribution in [3.05, 3.63) is 35.7 Å². The van der Waals surface area contributed by atoms with E-state index in [4.69, 9.17) is 10.3 Å². The van der Waals surface area contributed by atoms with Gasteiger partial charge in [-0.3, -0.25) is 0 Å². The van der Waals surface area contributed by atoms with Crippen molar-refractivity contribution in [1.29, 1.82) is 0 Å². The minimum absolute atomic E-state index is 0.0688. The monoisotopic (exact) mass is 253 g/mol. The van der Waals surface area contributed by atoms with Gasteiger partial charge in [0, 0.05) is 0 Å². The number of nitrogens with two attached hydrogens (primary N) is 1. The molecule has 0 aliphatic heterocycles. The van der Waals surface area contributed by atoms with Crippen molar-refractivity contribution < 1.29 is 13.3 Å². The standard InChI is InChI=1S/C12H13F2N3O/c1-3-12(2,15)11-16-10(18-17-11)8-6-7(13)4-5-9(8)14/h4-6H,3,15H2,1-2H3. The molecule has 0 spiro atoms. The van der Waals surface area contributed by atoms with Crippen molar-refractivity contribution in [3.8, 4) is 11.5 Å². The van der Waals surface area contributed by atoms with Gasteiger partial charge in [0.2, 0.25) is 0 Å². The first kappa shape index (κ1) is 12.6. The first-order valence-electron chi connectivity index (χ1n) is 5.52. The van der Waals surface area contributed by atoms with Crippen molar-refractivity contribution in [1.82, 2.24) is 10.1 Å². The Morgan fingerprint density at radius 2 is 2.11 bits per heavy atom. The second kappa shape index (κ2) is 4.45. The Bertz CT molecular complexity index is 566. The maximum Gasteiger partial charge on any atom is 0.261 e. The summed E-state index contributed by atoms with van der Waals surface area (Å²) in [5.41, 5.74) is 5.12. The van der Waals surface area contributed by atoms with Gasteiger partial charge in [-0.05, 0) is 31.5 Å². The van der Waals surface area contributed by atoms with Crippen LogP contribution in [0.2, 0.25) is 0 Å². The van der Waals surface area contributed by atoms with E-state index in [0.717, 1.165) is 18.2 Å². The number of aromatic nitrogens is 2. The van der Waals surface area contributed by atoms with Gasteiger partial charge in [0.05, 0.1) is 11.1 Å². The SMILES string of the molecule is CCC(C)(N)c1noc(-c2cc(F)ccc2F)n1. The van der Waals surface area contributed by atoms with Crippen LogP contribution in [0.5, 0.6) is 0 Å². The van der Waals surface area contributed by atoms with Crippen LogP contribution in [-0.4, -0.2) is 10.1 Å². The maximum absolute atomic E-state index is 13.5. The third-order valence-corrected chi connectivity index (χ3v) is 2.83. The van der Waals surface area contributed by atoms with Crippen LogP contribution in [0.1, 0.15) is 26.1 Å². The van der Waals surface area contributed by atoms with Crippen LogP contribution in [0, 0.1) is 11.6 Å². The minimum atomic E-state index is -0.758. The molecule has 6 heteroatoms. The number of hydrogen-bond acceptors (Lipinski definition) is 4. The lowest BCUT2D eigenvalue weighted by Crippen LogP contribution is -2.33. The largest absolute Gasteiger partial charge is 0.334 e. The van der Waals surface area contributed by atoms with E-state index in [1.54, 1.807) is 6.92 Å². The van der Waals surface area contributed by atoms with Gasteiger partial charge in [0.15, 0.2) is 5.82 Å². The first-order valence-corrected chi connectivity index (χ1v) is 5.52. The quantitative estimate of drug-likeness (QED) is 0.913. The molecule has 0 fully saturated rings. The first-order chi connectivity index (χ1) is 8.44. The molecule has 0 aliphatic rings. The van der Waals surface area contributed by atoms with Crippen molar-refractivity contribution in [2.45, 2.75) is 25.8 Å². The number of hydrogen-bond donors (Lipinski definition) is 1. The second-order valence-corrected chi connectivity index (χ2v) is 4.32. The van der Waals surface area contributed by atoms with Crippen molar-refractivity contribution in [2.24, 2.45) is 5.73 Å². The van der Waals surface area contributed by atoms with Gasteiger partial charge < -0.3 is 10.3 Å². The van der Waals surface area contributed by atoms with E-state index in [1.165, 1.54) is 0 Å². The summed E-state index contributed by atoms with van der Waals surface area (Å²) in [4.78, 5) is 4.02. The highest BCUT2D eigenvalue weighted by Gasteiger charge is 2.26. The van der Waals surface area contributed by atoms with Crippen LogP contribution < -0.4 is 5.73 Å². The van der Waals surface area contributed by atoms with E-state index in [2.05, 4.69) is 10.1 Å². The van der Waals surface area contributed by atoms with Crippen LogP contribution in [0.4, 0.5) is 8.78 Å². The molecule has 2 rings (SSSR count). The van der Waals surface area contributed by atoms with Gasteiger partial charge in [-0.1, -0.05) is 12.1 Å². The smallest absolute Gasteiger partial charge is 0.261 e. The Morgan fingerprint density at radius 3 is 2.78 bits per heavy atom. The predicted octanol–water partition coefficient (Wildman–Crippen LogP) is 2.60. The van der Waals surface area contributed by atoms with E-state index >= 15 is 0 Å². The fourth-order valence-corrected chi connectivity index (χ4v) is 1.38. The Labute approximate surface area is 103 Å². The van der Waals surface area contributed by atoms with Crippen LogP contribution in [0.25, 0.3) is 11.5 Å².